The Morgan fingerprint density at radius 3 is 2.00 bits per heavy atom. The van der Waals surface area contributed by atoms with Crippen molar-refractivity contribution in [3.05, 3.63) is 12.7 Å². The molecule has 0 radical (unpaired) electrons. The van der Waals surface area contributed by atoms with Gasteiger partial charge in [0.05, 0.1) is 0 Å². The van der Waals surface area contributed by atoms with Gasteiger partial charge in [-0.15, -0.1) is 17.0 Å². The van der Waals surface area contributed by atoms with Crippen LogP contribution in [0.3, 0.4) is 0 Å². The fourth-order valence-electron chi connectivity index (χ4n) is 2.62. The molecule has 0 aromatic carbocycles. The molecule has 0 rings (SSSR count). The van der Waals surface area contributed by atoms with E-state index in [1.54, 1.807) is 0 Å². The third kappa shape index (κ3) is 17.8. The third-order valence-electron chi connectivity index (χ3n) is 4.12. The first-order chi connectivity index (χ1) is 10.5. The first-order valence-electron chi connectivity index (χ1n) is 9.17. The molecular weight excluding hydrogens is 352 g/mol. The SMILES string of the molecule is Br.C=CC(=O)NCCNC(C)(C)CCCCCCCCCCC. The average Bonchev–Trinajstić information content (AvgIpc) is 2.49. The van der Waals surface area contributed by atoms with E-state index in [9.17, 15) is 4.79 Å². The standard InChI is InChI=1S/C19H38N2O.BrH/c1-5-7-8-9-10-11-12-13-14-15-19(3,4)21-17-16-20-18(22)6-2;/h6,21H,2,5,7-17H2,1,3-4H3,(H,20,22);1H. The second kappa shape index (κ2) is 16.5. The van der Waals surface area contributed by atoms with Gasteiger partial charge >= 0.3 is 0 Å². The molecule has 1 amide bonds. The Hall–Kier alpha value is -0.350. The summed E-state index contributed by atoms with van der Waals surface area (Å²) in [4.78, 5) is 11.0. The quantitative estimate of drug-likeness (QED) is 0.299. The van der Waals surface area contributed by atoms with Gasteiger partial charge in [-0.1, -0.05) is 71.3 Å². The van der Waals surface area contributed by atoms with E-state index in [0.717, 1.165) is 6.54 Å². The minimum Gasteiger partial charge on any atom is -0.351 e. The number of carbonyl (C=O) groups excluding carboxylic acids is 1. The van der Waals surface area contributed by atoms with Crippen LogP contribution < -0.4 is 10.6 Å². The van der Waals surface area contributed by atoms with Crippen LogP contribution in [-0.4, -0.2) is 24.5 Å². The Kier molecular flexibility index (Phi) is 17.9. The molecule has 0 spiro atoms. The predicted octanol–water partition coefficient (Wildman–Crippen LogP) is 5.16. The zero-order chi connectivity index (χ0) is 16.7. The van der Waals surface area contributed by atoms with Gasteiger partial charge in [-0.05, 0) is 26.3 Å². The zero-order valence-electron chi connectivity index (χ0n) is 15.6. The molecule has 0 aliphatic carbocycles. The van der Waals surface area contributed by atoms with E-state index in [-0.39, 0.29) is 28.4 Å². The van der Waals surface area contributed by atoms with Crippen molar-refractivity contribution in [1.29, 1.82) is 0 Å². The largest absolute Gasteiger partial charge is 0.351 e. The molecule has 0 fully saturated rings. The molecule has 4 heteroatoms. The van der Waals surface area contributed by atoms with Crippen molar-refractivity contribution in [1.82, 2.24) is 10.6 Å². The molecule has 3 nitrogen and oxygen atoms in total. The van der Waals surface area contributed by atoms with Crippen molar-refractivity contribution in [3.8, 4) is 0 Å². The molecule has 0 aliphatic heterocycles. The van der Waals surface area contributed by atoms with E-state index in [0.29, 0.717) is 6.54 Å². The highest BCUT2D eigenvalue weighted by Gasteiger charge is 2.15. The average molecular weight is 391 g/mol. The maximum atomic E-state index is 11.0. The first-order valence-corrected chi connectivity index (χ1v) is 9.17. The maximum absolute atomic E-state index is 11.0. The summed E-state index contributed by atoms with van der Waals surface area (Å²) in [6, 6.07) is 0. The van der Waals surface area contributed by atoms with Crippen molar-refractivity contribution in [2.45, 2.75) is 90.5 Å². The van der Waals surface area contributed by atoms with Gasteiger partial charge in [-0.25, -0.2) is 0 Å². The minimum absolute atomic E-state index is 0. The van der Waals surface area contributed by atoms with Crippen molar-refractivity contribution < 1.29 is 4.79 Å². The highest BCUT2D eigenvalue weighted by molar-refractivity contribution is 8.93. The third-order valence-corrected chi connectivity index (χ3v) is 4.12. The molecule has 0 bridgehead atoms. The molecule has 2 N–H and O–H groups in total. The summed E-state index contributed by atoms with van der Waals surface area (Å²) in [5.74, 6) is -0.0986. The molecule has 0 aliphatic rings. The van der Waals surface area contributed by atoms with Crippen LogP contribution >= 0.6 is 17.0 Å². The van der Waals surface area contributed by atoms with Crippen LogP contribution in [-0.2, 0) is 4.79 Å². The lowest BCUT2D eigenvalue weighted by Crippen LogP contribution is -2.43. The Bertz CT molecular complexity index is 293. The summed E-state index contributed by atoms with van der Waals surface area (Å²) in [5.41, 5.74) is 0.153. The van der Waals surface area contributed by atoms with Crippen molar-refractivity contribution in [2.24, 2.45) is 0 Å². The maximum Gasteiger partial charge on any atom is 0.243 e. The van der Waals surface area contributed by atoms with Gasteiger partial charge in [0.25, 0.3) is 0 Å². The lowest BCUT2D eigenvalue weighted by Gasteiger charge is -2.26. The molecule has 0 saturated carbocycles. The monoisotopic (exact) mass is 390 g/mol. The molecule has 0 heterocycles. The summed E-state index contributed by atoms with van der Waals surface area (Å²) in [5, 5.41) is 6.30. The molecule has 138 valence electrons. The Morgan fingerprint density at radius 2 is 1.48 bits per heavy atom. The fourth-order valence-corrected chi connectivity index (χ4v) is 2.62. The van der Waals surface area contributed by atoms with Crippen LogP contribution in [0, 0.1) is 0 Å². The predicted molar refractivity (Wildman–Crippen MR) is 107 cm³/mol. The van der Waals surface area contributed by atoms with Crippen molar-refractivity contribution in [2.75, 3.05) is 13.1 Å². The molecular formula is C19H39BrN2O. The molecule has 0 aromatic heterocycles. The Labute approximate surface area is 154 Å². The summed E-state index contributed by atoms with van der Waals surface area (Å²) >= 11 is 0. The smallest absolute Gasteiger partial charge is 0.243 e. The van der Waals surface area contributed by atoms with E-state index in [1.807, 2.05) is 0 Å². The van der Waals surface area contributed by atoms with Crippen LogP contribution in [0.5, 0.6) is 0 Å². The van der Waals surface area contributed by atoms with Gasteiger partial charge in [-0.2, -0.15) is 0 Å². The van der Waals surface area contributed by atoms with Gasteiger partial charge in [0.1, 0.15) is 0 Å². The molecule has 0 aromatic rings. The summed E-state index contributed by atoms with van der Waals surface area (Å²) in [6.45, 7) is 11.7. The molecule has 0 atom stereocenters. The van der Waals surface area contributed by atoms with Crippen LogP contribution in [0.1, 0.15) is 85.0 Å². The molecule has 23 heavy (non-hydrogen) atoms. The number of halogens is 1. The van der Waals surface area contributed by atoms with E-state index in [2.05, 4.69) is 38.0 Å². The van der Waals surface area contributed by atoms with Crippen LogP contribution in [0.4, 0.5) is 0 Å². The van der Waals surface area contributed by atoms with Gasteiger partial charge in [-0.3, -0.25) is 4.79 Å². The molecule has 0 saturated heterocycles. The lowest BCUT2D eigenvalue weighted by molar-refractivity contribution is -0.116. The van der Waals surface area contributed by atoms with Crippen LogP contribution in [0.15, 0.2) is 12.7 Å². The van der Waals surface area contributed by atoms with Crippen LogP contribution in [0.25, 0.3) is 0 Å². The number of hydrogen-bond donors (Lipinski definition) is 2. The second-order valence-electron chi connectivity index (χ2n) is 6.88. The summed E-state index contributed by atoms with van der Waals surface area (Å²) < 4.78 is 0. The number of hydrogen-bond acceptors (Lipinski definition) is 2. The summed E-state index contributed by atoms with van der Waals surface area (Å²) in [6.07, 6.45) is 14.9. The van der Waals surface area contributed by atoms with Crippen molar-refractivity contribution in [3.63, 3.8) is 0 Å². The van der Waals surface area contributed by atoms with E-state index in [4.69, 9.17) is 0 Å². The lowest BCUT2D eigenvalue weighted by atomic mass is 9.96. The van der Waals surface area contributed by atoms with Crippen LogP contribution in [0.2, 0.25) is 0 Å². The van der Waals surface area contributed by atoms with E-state index >= 15 is 0 Å². The number of carbonyl (C=O) groups is 1. The van der Waals surface area contributed by atoms with Gasteiger partial charge in [0.15, 0.2) is 0 Å². The number of nitrogens with one attached hydrogen (secondary N) is 2. The molecule has 0 unspecified atom stereocenters. The number of unbranched alkanes of at least 4 members (excludes halogenated alkanes) is 8. The highest BCUT2D eigenvalue weighted by Crippen LogP contribution is 2.15. The Morgan fingerprint density at radius 1 is 0.957 bits per heavy atom. The Balaban J connectivity index is 0. The van der Waals surface area contributed by atoms with Gasteiger partial charge in [0, 0.05) is 18.6 Å². The number of rotatable bonds is 15. The van der Waals surface area contributed by atoms with Gasteiger partial charge in [0.2, 0.25) is 5.91 Å². The highest BCUT2D eigenvalue weighted by atomic mass is 79.9. The van der Waals surface area contributed by atoms with E-state index in [1.165, 1.54) is 70.3 Å². The fraction of sp³-hybridized carbons (Fsp3) is 0.842. The van der Waals surface area contributed by atoms with Crippen molar-refractivity contribution >= 4 is 22.9 Å². The van der Waals surface area contributed by atoms with Gasteiger partial charge < -0.3 is 10.6 Å². The summed E-state index contributed by atoms with van der Waals surface area (Å²) in [7, 11) is 0. The normalized spacial score (nSPS) is 10.9. The second-order valence-corrected chi connectivity index (χ2v) is 6.88. The van der Waals surface area contributed by atoms with E-state index < -0.39 is 0 Å². The topological polar surface area (TPSA) is 41.1 Å². The zero-order valence-corrected chi connectivity index (χ0v) is 17.3. The number of amides is 1. The first kappa shape index (κ1) is 24.9. The minimum atomic E-state index is -0.0986.